The molecule has 2 aliphatic heterocycles. The van der Waals surface area contributed by atoms with Crippen LogP contribution in [-0.2, 0) is 19.5 Å². The predicted octanol–water partition coefficient (Wildman–Crippen LogP) is 9.16. The first-order valence-corrected chi connectivity index (χ1v) is 15.3. The summed E-state index contributed by atoms with van der Waals surface area (Å²) in [7, 11) is 0. The normalized spacial score (nSPS) is 16.8. The fourth-order valence-corrected chi connectivity index (χ4v) is 6.80. The summed E-state index contributed by atoms with van der Waals surface area (Å²) in [6.45, 7) is 6.00. The second kappa shape index (κ2) is 15.2. The van der Waals surface area contributed by atoms with Crippen LogP contribution in [-0.4, -0.2) is 42.0 Å². The van der Waals surface area contributed by atoms with E-state index in [0.717, 1.165) is 92.9 Å². The molecular formula is C34H39Cl3F3N3O. The van der Waals surface area contributed by atoms with Crippen molar-refractivity contribution < 1.29 is 17.9 Å². The highest BCUT2D eigenvalue weighted by atomic mass is 35.5. The topological polar surface area (TPSA) is 29.4 Å². The molecule has 10 heteroatoms. The van der Waals surface area contributed by atoms with E-state index in [2.05, 4.69) is 56.0 Å². The molecule has 4 aromatic rings. The fourth-order valence-electron chi connectivity index (χ4n) is 6.58. The lowest BCUT2D eigenvalue weighted by Crippen LogP contribution is -2.33. The summed E-state index contributed by atoms with van der Waals surface area (Å²) in [5, 5.41) is 5.44. The van der Waals surface area contributed by atoms with E-state index in [9.17, 15) is 13.2 Å². The Bertz CT molecular complexity index is 1500. The van der Waals surface area contributed by atoms with Crippen LogP contribution in [0.3, 0.4) is 0 Å². The van der Waals surface area contributed by atoms with E-state index in [1.54, 1.807) is 12.1 Å². The summed E-state index contributed by atoms with van der Waals surface area (Å²) in [4.78, 5) is 2.53. The Labute approximate surface area is 274 Å². The zero-order valence-corrected chi connectivity index (χ0v) is 26.9. The molecule has 3 aromatic carbocycles. The number of benzene rings is 3. The molecule has 0 saturated carbocycles. The Balaban J connectivity index is 0.00000221. The molecule has 0 unspecified atom stereocenters. The van der Waals surface area contributed by atoms with Gasteiger partial charge in [-0.15, -0.1) is 38.0 Å². The maximum absolute atomic E-state index is 12.7. The van der Waals surface area contributed by atoms with Crippen molar-refractivity contribution >= 4 is 47.3 Å². The van der Waals surface area contributed by atoms with Crippen molar-refractivity contribution in [3.05, 3.63) is 89.1 Å². The Morgan fingerprint density at radius 1 is 0.864 bits per heavy atom. The van der Waals surface area contributed by atoms with E-state index >= 15 is 0 Å². The van der Waals surface area contributed by atoms with E-state index in [-0.39, 0.29) is 30.6 Å². The number of fused-ring (bicyclic) bond motifs is 1. The lowest BCUT2D eigenvalue weighted by Gasteiger charge is -2.32. The van der Waals surface area contributed by atoms with Gasteiger partial charge in [0.2, 0.25) is 0 Å². The molecule has 0 aliphatic carbocycles. The van der Waals surface area contributed by atoms with Crippen molar-refractivity contribution in [1.29, 1.82) is 0 Å². The Morgan fingerprint density at radius 2 is 1.57 bits per heavy atom. The quantitative estimate of drug-likeness (QED) is 0.203. The number of aromatic nitrogens is 1. The average molecular weight is 669 g/mol. The van der Waals surface area contributed by atoms with Gasteiger partial charge in [0.1, 0.15) is 5.75 Å². The van der Waals surface area contributed by atoms with Gasteiger partial charge in [-0.3, -0.25) is 4.90 Å². The minimum absolute atomic E-state index is 0. The molecule has 0 atom stereocenters. The van der Waals surface area contributed by atoms with Crippen LogP contribution >= 0.6 is 36.4 Å². The Hall–Kier alpha value is -2.42. The van der Waals surface area contributed by atoms with Gasteiger partial charge in [-0.1, -0.05) is 48.0 Å². The highest BCUT2D eigenvalue weighted by molar-refractivity contribution is 6.31. The predicted molar refractivity (Wildman–Crippen MR) is 177 cm³/mol. The van der Waals surface area contributed by atoms with Crippen LogP contribution in [0.1, 0.15) is 36.8 Å². The largest absolute Gasteiger partial charge is 0.573 e. The molecule has 2 aliphatic rings. The van der Waals surface area contributed by atoms with Crippen molar-refractivity contribution in [1.82, 2.24) is 14.8 Å². The number of halogens is 6. The van der Waals surface area contributed by atoms with Gasteiger partial charge in [-0.25, -0.2) is 0 Å². The van der Waals surface area contributed by atoms with Crippen LogP contribution in [0.5, 0.6) is 5.75 Å². The number of ether oxygens (including phenoxy) is 1. The minimum Gasteiger partial charge on any atom is -0.406 e. The van der Waals surface area contributed by atoms with Gasteiger partial charge < -0.3 is 14.6 Å². The van der Waals surface area contributed by atoms with Gasteiger partial charge in [0.25, 0.3) is 0 Å². The van der Waals surface area contributed by atoms with Crippen LogP contribution in [0.25, 0.3) is 22.0 Å². The van der Waals surface area contributed by atoms with Gasteiger partial charge in [-0.2, -0.15) is 0 Å². The third-order valence-corrected chi connectivity index (χ3v) is 9.21. The van der Waals surface area contributed by atoms with E-state index < -0.39 is 6.36 Å². The van der Waals surface area contributed by atoms with Crippen molar-refractivity contribution in [3.8, 4) is 16.9 Å². The minimum atomic E-state index is -4.70. The lowest BCUT2D eigenvalue weighted by atomic mass is 9.90. The molecule has 238 valence electrons. The second-order valence-electron chi connectivity index (χ2n) is 11.8. The molecule has 0 bridgehead atoms. The molecular weight excluding hydrogens is 630 g/mol. The van der Waals surface area contributed by atoms with Crippen molar-refractivity contribution in [3.63, 3.8) is 0 Å². The molecule has 1 N–H and O–H groups in total. The zero-order valence-electron chi connectivity index (χ0n) is 24.5. The Morgan fingerprint density at radius 3 is 2.25 bits per heavy atom. The van der Waals surface area contributed by atoms with E-state index in [0.29, 0.717) is 11.8 Å². The maximum Gasteiger partial charge on any atom is 0.573 e. The number of hydrogen-bond donors (Lipinski definition) is 1. The average Bonchev–Trinajstić information content (AvgIpc) is 3.33. The zero-order chi connectivity index (χ0) is 29.1. The van der Waals surface area contributed by atoms with E-state index in [1.807, 2.05) is 12.1 Å². The second-order valence-corrected chi connectivity index (χ2v) is 12.2. The van der Waals surface area contributed by atoms with Gasteiger partial charge in [0.15, 0.2) is 0 Å². The molecule has 2 fully saturated rings. The monoisotopic (exact) mass is 667 g/mol. The van der Waals surface area contributed by atoms with Gasteiger partial charge in [0.05, 0.1) is 0 Å². The smallest absolute Gasteiger partial charge is 0.406 e. The maximum atomic E-state index is 12.7. The van der Waals surface area contributed by atoms with E-state index in [1.165, 1.54) is 28.8 Å². The number of piperidine rings is 2. The standard InChI is InChI=1S/C34H37ClF3N3O.2ClH/c35-32-4-2-1-3-28(32)19-24-13-17-40(18-14-24)21-26-5-10-33-30(20-26)31(23-41(33)22-25-11-15-39-16-12-25)27-6-8-29(9-7-27)42-34(36,37)38;;/h1-10,20,23-25,39H,11-19,21-22H2;2*1H. The van der Waals surface area contributed by atoms with Gasteiger partial charge >= 0.3 is 6.36 Å². The van der Waals surface area contributed by atoms with E-state index in [4.69, 9.17) is 11.6 Å². The summed E-state index contributed by atoms with van der Waals surface area (Å²) >= 11 is 6.41. The highest BCUT2D eigenvalue weighted by Crippen LogP contribution is 2.35. The van der Waals surface area contributed by atoms with Crippen LogP contribution in [0.4, 0.5) is 13.2 Å². The third-order valence-electron chi connectivity index (χ3n) is 8.84. The number of alkyl halides is 3. The molecule has 1 aromatic heterocycles. The number of nitrogens with one attached hydrogen (secondary N) is 1. The molecule has 2 saturated heterocycles. The summed E-state index contributed by atoms with van der Waals surface area (Å²) in [5.41, 5.74) is 5.59. The summed E-state index contributed by atoms with van der Waals surface area (Å²) in [5.74, 6) is 1.04. The first-order valence-electron chi connectivity index (χ1n) is 15.0. The molecule has 0 amide bonds. The summed E-state index contributed by atoms with van der Waals surface area (Å²) in [6, 6.07) is 21.1. The van der Waals surface area contributed by atoms with Crippen molar-refractivity contribution in [2.24, 2.45) is 11.8 Å². The Kier molecular flexibility index (Phi) is 11.9. The number of nitrogens with zero attached hydrogens (tertiary/aromatic N) is 2. The molecule has 0 radical (unpaired) electrons. The number of likely N-dealkylation sites (tertiary alicyclic amines) is 1. The molecule has 6 rings (SSSR count). The lowest BCUT2D eigenvalue weighted by molar-refractivity contribution is -0.274. The van der Waals surface area contributed by atoms with Crippen molar-refractivity contribution in [2.75, 3.05) is 26.2 Å². The summed E-state index contributed by atoms with van der Waals surface area (Å²) in [6.07, 6.45) is 3.09. The highest BCUT2D eigenvalue weighted by Gasteiger charge is 2.31. The van der Waals surface area contributed by atoms with Crippen LogP contribution < -0.4 is 10.1 Å². The molecule has 44 heavy (non-hydrogen) atoms. The number of hydrogen-bond acceptors (Lipinski definition) is 3. The van der Waals surface area contributed by atoms with Gasteiger partial charge in [0, 0.05) is 40.8 Å². The van der Waals surface area contributed by atoms with Crippen LogP contribution in [0, 0.1) is 11.8 Å². The third kappa shape index (κ3) is 8.64. The summed E-state index contributed by atoms with van der Waals surface area (Å²) < 4.78 is 44.6. The molecule has 4 nitrogen and oxygen atoms in total. The van der Waals surface area contributed by atoms with Crippen molar-refractivity contribution in [2.45, 2.75) is 51.6 Å². The molecule has 0 spiro atoms. The SMILES string of the molecule is Cl.Cl.FC(F)(F)Oc1ccc(-c2cn(CC3CCNCC3)c3ccc(CN4CCC(Cc5ccccc5Cl)CC4)cc23)cc1. The fraction of sp³-hybridized carbons (Fsp3) is 0.412. The first kappa shape index (κ1) is 34.5. The molecule has 3 heterocycles. The van der Waals surface area contributed by atoms with Crippen LogP contribution in [0.2, 0.25) is 5.02 Å². The van der Waals surface area contributed by atoms with Crippen LogP contribution in [0.15, 0.2) is 72.9 Å². The van der Waals surface area contributed by atoms with Gasteiger partial charge in [-0.05, 0) is 117 Å². The first-order chi connectivity index (χ1) is 20.3. The number of rotatable bonds is 8.